The molecule has 0 spiro atoms. The molecule has 2 N–H and O–H groups in total. The van der Waals surface area contributed by atoms with Gasteiger partial charge in [0.15, 0.2) is 5.11 Å². The van der Waals surface area contributed by atoms with Gasteiger partial charge >= 0.3 is 5.97 Å². The van der Waals surface area contributed by atoms with Crippen molar-refractivity contribution in [1.29, 1.82) is 0 Å². The highest BCUT2D eigenvalue weighted by molar-refractivity contribution is 7.80. The molecule has 0 aliphatic heterocycles. The minimum atomic E-state index is -0.422. The maximum Gasteiger partial charge on any atom is 0.349 e. The number of thiophene rings is 1. The van der Waals surface area contributed by atoms with Gasteiger partial charge in [0, 0.05) is 15.8 Å². The number of fused-ring (bicyclic) bond motifs is 2. The second-order valence-electron chi connectivity index (χ2n) is 6.69. The van der Waals surface area contributed by atoms with Gasteiger partial charge in [-0.1, -0.05) is 35.9 Å². The molecule has 1 heterocycles. The van der Waals surface area contributed by atoms with E-state index in [4.69, 9.17) is 28.6 Å². The maximum absolute atomic E-state index is 11.8. The van der Waals surface area contributed by atoms with E-state index < -0.39 is 5.97 Å². The molecule has 4 nitrogen and oxygen atoms in total. The Morgan fingerprint density at radius 1 is 1.29 bits per heavy atom. The Hall–Kier alpha value is -2.15. The number of hydrogen-bond donors (Lipinski definition) is 2. The zero-order valence-electron chi connectivity index (χ0n) is 15.3. The molecule has 0 bridgehead atoms. The van der Waals surface area contributed by atoms with Crippen molar-refractivity contribution >= 4 is 62.0 Å². The van der Waals surface area contributed by atoms with Gasteiger partial charge in [0.2, 0.25) is 0 Å². The fraction of sp³-hybridized carbons (Fsp3) is 0.238. The molecule has 28 heavy (non-hydrogen) atoms. The standard InChI is InChI=1S/C21H19ClN2O2S2/c1-26-20(25)19-18(22)15-10-9-13(11-17(15)28-19)23-21(27)24-16-8-4-6-12-5-2-3-7-14(12)16/h2-3,5,7,9-11,16H,4,6,8H2,1H3,(H2,23,24,27)/t16-/m1/s1. The molecule has 0 fully saturated rings. The highest BCUT2D eigenvalue weighted by atomic mass is 35.5. The second-order valence-corrected chi connectivity index (χ2v) is 8.53. The van der Waals surface area contributed by atoms with Gasteiger partial charge in [-0.25, -0.2) is 4.79 Å². The minimum absolute atomic E-state index is 0.218. The van der Waals surface area contributed by atoms with Gasteiger partial charge in [0.1, 0.15) is 4.88 Å². The normalized spacial score (nSPS) is 15.7. The SMILES string of the molecule is COC(=O)c1sc2cc(NC(=S)N[C@@H]3CCCc4ccccc43)ccc2c1Cl. The van der Waals surface area contributed by atoms with Gasteiger partial charge in [-0.2, -0.15) is 0 Å². The molecule has 1 aromatic heterocycles. The van der Waals surface area contributed by atoms with E-state index in [0.29, 0.717) is 15.0 Å². The largest absolute Gasteiger partial charge is 0.465 e. The summed E-state index contributed by atoms with van der Waals surface area (Å²) in [5, 5.41) is 8.53. The van der Waals surface area contributed by atoms with E-state index in [1.54, 1.807) is 0 Å². The first-order valence-electron chi connectivity index (χ1n) is 9.02. The van der Waals surface area contributed by atoms with Crippen molar-refractivity contribution in [3.8, 4) is 0 Å². The van der Waals surface area contributed by atoms with Crippen LogP contribution in [-0.2, 0) is 11.2 Å². The van der Waals surface area contributed by atoms with E-state index in [1.165, 1.54) is 29.6 Å². The van der Waals surface area contributed by atoms with Crippen molar-refractivity contribution in [2.24, 2.45) is 0 Å². The van der Waals surface area contributed by atoms with Crippen LogP contribution in [0.3, 0.4) is 0 Å². The van der Waals surface area contributed by atoms with Crippen LogP contribution in [0.1, 0.15) is 39.7 Å². The predicted molar refractivity (Wildman–Crippen MR) is 120 cm³/mol. The summed E-state index contributed by atoms with van der Waals surface area (Å²) in [7, 11) is 1.35. The third-order valence-corrected chi connectivity index (χ3v) is 6.79. The van der Waals surface area contributed by atoms with Gasteiger partial charge in [-0.15, -0.1) is 11.3 Å². The molecule has 1 atom stereocenters. The van der Waals surface area contributed by atoms with Gasteiger partial charge in [-0.05, 0) is 60.8 Å². The van der Waals surface area contributed by atoms with Crippen LogP contribution in [0, 0.1) is 0 Å². The van der Waals surface area contributed by atoms with Crippen LogP contribution in [0.4, 0.5) is 5.69 Å². The van der Waals surface area contributed by atoms with Crippen molar-refractivity contribution < 1.29 is 9.53 Å². The number of nitrogens with one attached hydrogen (secondary N) is 2. The summed E-state index contributed by atoms with van der Waals surface area (Å²) in [4.78, 5) is 12.3. The average Bonchev–Trinajstić information content (AvgIpc) is 3.03. The lowest BCUT2D eigenvalue weighted by molar-refractivity contribution is 0.0606. The molecule has 0 radical (unpaired) electrons. The molecular formula is C21H19ClN2O2S2. The number of aryl methyl sites for hydroxylation is 1. The topological polar surface area (TPSA) is 50.4 Å². The first-order valence-corrected chi connectivity index (χ1v) is 10.6. The summed E-state index contributed by atoms with van der Waals surface area (Å²) in [5.41, 5.74) is 3.56. The summed E-state index contributed by atoms with van der Waals surface area (Å²) in [6.07, 6.45) is 3.32. The lowest BCUT2D eigenvalue weighted by Crippen LogP contribution is -2.34. The summed E-state index contributed by atoms with van der Waals surface area (Å²) in [5.74, 6) is -0.422. The molecule has 0 unspecified atom stereocenters. The van der Waals surface area contributed by atoms with Crippen LogP contribution in [-0.4, -0.2) is 18.2 Å². The van der Waals surface area contributed by atoms with E-state index in [0.717, 1.165) is 35.0 Å². The number of rotatable bonds is 3. The lowest BCUT2D eigenvalue weighted by Gasteiger charge is -2.27. The quantitative estimate of drug-likeness (QED) is 0.412. The zero-order chi connectivity index (χ0) is 19.7. The Balaban J connectivity index is 1.51. The first kappa shape index (κ1) is 19.2. The van der Waals surface area contributed by atoms with Gasteiger partial charge in [0.25, 0.3) is 0 Å². The van der Waals surface area contributed by atoms with Crippen molar-refractivity contribution in [2.75, 3.05) is 12.4 Å². The highest BCUT2D eigenvalue weighted by Gasteiger charge is 2.21. The second kappa shape index (κ2) is 8.07. The number of benzene rings is 2. The maximum atomic E-state index is 11.8. The average molecular weight is 431 g/mol. The number of carbonyl (C=O) groups is 1. The summed E-state index contributed by atoms with van der Waals surface area (Å²) in [6.45, 7) is 0. The molecule has 0 saturated heterocycles. The van der Waals surface area contributed by atoms with Crippen molar-refractivity contribution in [3.05, 3.63) is 63.5 Å². The van der Waals surface area contributed by atoms with E-state index in [2.05, 4.69) is 34.9 Å². The number of ether oxygens (including phenoxy) is 1. The molecule has 2 aromatic carbocycles. The third kappa shape index (κ3) is 3.72. The summed E-state index contributed by atoms with van der Waals surface area (Å²) < 4.78 is 5.70. The molecular weight excluding hydrogens is 412 g/mol. The van der Waals surface area contributed by atoms with E-state index in [9.17, 15) is 4.79 Å². The number of methoxy groups -OCH3 is 1. The molecule has 144 valence electrons. The van der Waals surface area contributed by atoms with Crippen LogP contribution in [0.15, 0.2) is 42.5 Å². The van der Waals surface area contributed by atoms with Crippen molar-refractivity contribution in [2.45, 2.75) is 25.3 Å². The number of anilines is 1. The smallest absolute Gasteiger partial charge is 0.349 e. The Morgan fingerprint density at radius 2 is 2.11 bits per heavy atom. The molecule has 7 heteroatoms. The van der Waals surface area contributed by atoms with Gasteiger partial charge in [0.05, 0.1) is 18.2 Å². The summed E-state index contributed by atoms with van der Waals surface area (Å²) >= 11 is 13.2. The summed E-state index contributed by atoms with van der Waals surface area (Å²) in [6, 6.07) is 14.5. The van der Waals surface area contributed by atoms with Gasteiger partial charge in [-0.3, -0.25) is 0 Å². The van der Waals surface area contributed by atoms with E-state index >= 15 is 0 Å². The fourth-order valence-electron chi connectivity index (χ4n) is 3.60. The molecule has 0 saturated carbocycles. The lowest BCUT2D eigenvalue weighted by atomic mass is 9.88. The van der Waals surface area contributed by atoms with Crippen LogP contribution in [0.5, 0.6) is 0 Å². The Kier molecular flexibility index (Phi) is 5.53. The molecule has 1 aliphatic rings. The molecule has 3 aromatic rings. The van der Waals surface area contributed by atoms with Crippen LogP contribution in [0.2, 0.25) is 5.02 Å². The van der Waals surface area contributed by atoms with Crippen molar-refractivity contribution in [3.63, 3.8) is 0 Å². The number of hydrogen-bond acceptors (Lipinski definition) is 4. The van der Waals surface area contributed by atoms with E-state index in [-0.39, 0.29) is 6.04 Å². The number of halogens is 1. The predicted octanol–water partition coefficient (Wildman–Crippen LogP) is 5.71. The number of thiocarbonyl (C=S) groups is 1. The monoisotopic (exact) mass is 430 g/mol. The van der Waals surface area contributed by atoms with Gasteiger partial charge < -0.3 is 15.4 Å². The Morgan fingerprint density at radius 3 is 2.93 bits per heavy atom. The van der Waals surface area contributed by atoms with Crippen LogP contribution >= 0.6 is 35.2 Å². The zero-order valence-corrected chi connectivity index (χ0v) is 17.6. The molecule has 4 rings (SSSR count). The fourth-order valence-corrected chi connectivity index (χ4v) is 5.32. The molecule has 0 amide bonds. The third-order valence-electron chi connectivity index (χ3n) is 4.93. The van der Waals surface area contributed by atoms with Crippen LogP contribution in [0.25, 0.3) is 10.1 Å². The number of esters is 1. The van der Waals surface area contributed by atoms with E-state index in [1.807, 2.05) is 18.2 Å². The minimum Gasteiger partial charge on any atom is -0.465 e. The first-order chi connectivity index (χ1) is 13.6. The van der Waals surface area contributed by atoms with Crippen molar-refractivity contribution in [1.82, 2.24) is 5.32 Å². The highest BCUT2D eigenvalue weighted by Crippen LogP contribution is 2.37. The molecule has 1 aliphatic carbocycles. The Bertz CT molecular complexity index is 1060. The number of carbonyl (C=O) groups excluding carboxylic acids is 1. The Labute approximate surface area is 177 Å². The van der Waals surface area contributed by atoms with Crippen LogP contribution < -0.4 is 10.6 Å².